The number of carboxylic acid groups (broad SMARTS) is 1. The second-order valence-corrected chi connectivity index (χ2v) is 9.62. The molecule has 0 saturated heterocycles. The summed E-state index contributed by atoms with van der Waals surface area (Å²) in [6, 6.07) is 26.9. The number of esters is 1. The van der Waals surface area contributed by atoms with Gasteiger partial charge in [-0.3, -0.25) is 9.59 Å². The Morgan fingerprint density at radius 1 is 0.762 bits per heavy atom. The molecule has 9 heteroatoms. The van der Waals surface area contributed by atoms with Gasteiger partial charge in [-0.15, -0.1) is 0 Å². The number of aliphatic carboxylic acids is 1. The smallest absolute Gasteiger partial charge is 0.416 e. The minimum absolute atomic E-state index is 0.0203. The molecular weight excluding hydrogens is 547 g/mol. The van der Waals surface area contributed by atoms with E-state index in [1.165, 1.54) is 6.07 Å². The largest absolute Gasteiger partial charge is 0.488 e. The molecule has 0 aliphatic carbocycles. The monoisotopic (exact) mass is 577 g/mol. The van der Waals surface area contributed by atoms with Crippen LogP contribution in [-0.2, 0) is 46.7 Å². The molecule has 4 rings (SSSR count). The van der Waals surface area contributed by atoms with Crippen molar-refractivity contribution >= 4 is 11.9 Å². The first-order valence-corrected chi connectivity index (χ1v) is 13.3. The van der Waals surface area contributed by atoms with Gasteiger partial charge in [-0.25, -0.2) is 0 Å². The molecule has 42 heavy (non-hydrogen) atoms. The number of hydrogen-bond donors (Lipinski definition) is 2. The van der Waals surface area contributed by atoms with E-state index in [-0.39, 0.29) is 39.1 Å². The number of ether oxygens (including phenoxy) is 2. The number of rotatable bonds is 13. The first kappa shape index (κ1) is 30.3. The molecule has 218 valence electrons. The molecule has 0 aliphatic heterocycles. The van der Waals surface area contributed by atoms with E-state index in [2.05, 4.69) is 5.32 Å². The summed E-state index contributed by atoms with van der Waals surface area (Å²) in [5.74, 6) is -1.07. The summed E-state index contributed by atoms with van der Waals surface area (Å²) < 4.78 is 52.3. The number of nitrogens with one attached hydrogen (secondary N) is 1. The van der Waals surface area contributed by atoms with Gasteiger partial charge in [0, 0.05) is 18.7 Å². The SMILES string of the molecule is O=C(O)Cc1ccc(OCc2ccccc2)c(-c2ccc(C(F)(F)F)cc2CNCCC(=O)OCc2ccccc2)c1. The van der Waals surface area contributed by atoms with Crippen LogP contribution in [0.5, 0.6) is 5.75 Å². The zero-order valence-corrected chi connectivity index (χ0v) is 22.7. The van der Waals surface area contributed by atoms with E-state index in [0.29, 0.717) is 28.0 Å². The van der Waals surface area contributed by atoms with Crippen molar-refractivity contribution in [1.82, 2.24) is 5.32 Å². The van der Waals surface area contributed by atoms with Crippen LogP contribution in [0.3, 0.4) is 0 Å². The van der Waals surface area contributed by atoms with Crippen molar-refractivity contribution < 1.29 is 37.3 Å². The number of alkyl halides is 3. The lowest BCUT2D eigenvalue weighted by Crippen LogP contribution is -2.20. The summed E-state index contributed by atoms with van der Waals surface area (Å²) in [5, 5.41) is 12.4. The molecular formula is C33H30F3NO5. The fourth-order valence-electron chi connectivity index (χ4n) is 4.34. The third-order valence-electron chi connectivity index (χ3n) is 6.42. The Morgan fingerprint density at radius 3 is 2.07 bits per heavy atom. The lowest BCUT2D eigenvalue weighted by atomic mass is 9.94. The Hall–Kier alpha value is -4.63. The van der Waals surface area contributed by atoms with Crippen molar-refractivity contribution in [3.05, 3.63) is 125 Å². The number of carbonyl (C=O) groups excluding carboxylic acids is 1. The van der Waals surface area contributed by atoms with Gasteiger partial charge in [-0.2, -0.15) is 13.2 Å². The average Bonchev–Trinajstić information content (AvgIpc) is 2.98. The van der Waals surface area contributed by atoms with Gasteiger partial charge in [0.15, 0.2) is 0 Å². The van der Waals surface area contributed by atoms with E-state index in [1.54, 1.807) is 18.2 Å². The van der Waals surface area contributed by atoms with E-state index >= 15 is 0 Å². The molecule has 0 heterocycles. The first-order chi connectivity index (χ1) is 20.2. The van der Waals surface area contributed by atoms with Crippen molar-refractivity contribution in [2.24, 2.45) is 0 Å². The first-order valence-electron chi connectivity index (χ1n) is 13.3. The van der Waals surface area contributed by atoms with Gasteiger partial charge in [0.05, 0.1) is 18.4 Å². The third kappa shape index (κ3) is 8.94. The highest BCUT2D eigenvalue weighted by atomic mass is 19.4. The lowest BCUT2D eigenvalue weighted by molar-refractivity contribution is -0.145. The second kappa shape index (κ2) is 14.3. The Morgan fingerprint density at radius 2 is 1.43 bits per heavy atom. The Labute approximate surface area is 241 Å². The second-order valence-electron chi connectivity index (χ2n) is 9.62. The molecule has 4 aromatic carbocycles. The maximum Gasteiger partial charge on any atom is 0.416 e. The number of carboxylic acids is 1. The summed E-state index contributed by atoms with van der Waals surface area (Å²) in [4.78, 5) is 23.6. The van der Waals surface area contributed by atoms with E-state index in [9.17, 15) is 27.9 Å². The minimum Gasteiger partial charge on any atom is -0.488 e. The van der Waals surface area contributed by atoms with Gasteiger partial charge < -0.3 is 19.9 Å². The van der Waals surface area contributed by atoms with Gasteiger partial charge in [-0.05, 0) is 52.1 Å². The van der Waals surface area contributed by atoms with Crippen LogP contribution in [0.4, 0.5) is 13.2 Å². The summed E-state index contributed by atoms with van der Waals surface area (Å²) >= 11 is 0. The molecule has 0 aliphatic rings. The topological polar surface area (TPSA) is 84.9 Å². The molecule has 2 N–H and O–H groups in total. The number of benzene rings is 4. The highest BCUT2D eigenvalue weighted by Gasteiger charge is 2.31. The Balaban J connectivity index is 1.54. The van der Waals surface area contributed by atoms with Crippen LogP contribution in [-0.4, -0.2) is 23.6 Å². The van der Waals surface area contributed by atoms with Gasteiger partial charge in [0.25, 0.3) is 0 Å². The van der Waals surface area contributed by atoms with Gasteiger partial charge in [-0.1, -0.05) is 72.8 Å². The Bertz CT molecular complexity index is 1490. The summed E-state index contributed by atoms with van der Waals surface area (Å²) in [6.07, 6.45) is -4.79. The molecule has 0 atom stereocenters. The average molecular weight is 578 g/mol. The zero-order valence-electron chi connectivity index (χ0n) is 22.7. The van der Waals surface area contributed by atoms with Crippen LogP contribution >= 0.6 is 0 Å². The van der Waals surface area contributed by atoms with Crippen LogP contribution < -0.4 is 10.1 Å². The van der Waals surface area contributed by atoms with Gasteiger partial charge in [0.1, 0.15) is 19.0 Å². The standard InChI is InChI=1S/C33H30F3NO5/c34-33(35,36)27-12-13-28(26(19-27)20-37-16-15-32(40)42-22-24-9-5-2-6-10-24)29-17-25(18-31(38)39)11-14-30(29)41-21-23-7-3-1-4-8-23/h1-14,17,19,37H,15-16,18,20-22H2,(H,38,39). The van der Waals surface area contributed by atoms with E-state index in [4.69, 9.17) is 9.47 Å². The van der Waals surface area contributed by atoms with Crippen LogP contribution in [0.1, 0.15) is 34.2 Å². The maximum absolute atomic E-state index is 13.6. The highest BCUT2D eigenvalue weighted by Crippen LogP contribution is 2.38. The van der Waals surface area contributed by atoms with E-state index in [1.807, 2.05) is 60.7 Å². The summed E-state index contributed by atoms with van der Waals surface area (Å²) in [5.41, 5.74) is 2.65. The zero-order chi connectivity index (χ0) is 30.0. The number of carbonyl (C=O) groups is 2. The molecule has 0 aromatic heterocycles. The molecule has 0 amide bonds. The molecule has 0 bridgehead atoms. The summed E-state index contributed by atoms with van der Waals surface area (Å²) in [6.45, 7) is 0.549. The predicted octanol–water partition coefficient (Wildman–Crippen LogP) is 6.80. The summed E-state index contributed by atoms with van der Waals surface area (Å²) in [7, 11) is 0. The highest BCUT2D eigenvalue weighted by molar-refractivity contribution is 5.77. The van der Waals surface area contributed by atoms with Crippen LogP contribution in [0.25, 0.3) is 11.1 Å². The maximum atomic E-state index is 13.6. The minimum atomic E-state index is -4.56. The normalized spacial score (nSPS) is 11.2. The van der Waals surface area contributed by atoms with Crippen molar-refractivity contribution in [2.45, 2.75) is 38.8 Å². The molecule has 0 spiro atoms. The fourth-order valence-corrected chi connectivity index (χ4v) is 4.34. The molecule has 6 nitrogen and oxygen atoms in total. The quantitative estimate of drug-likeness (QED) is 0.134. The predicted molar refractivity (Wildman–Crippen MR) is 152 cm³/mol. The fraction of sp³-hybridized carbons (Fsp3) is 0.212. The van der Waals surface area contributed by atoms with Gasteiger partial charge in [0.2, 0.25) is 0 Å². The number of hydrogen-bond acceptors (Lipinski definition) is 5. The number of halogens is 3. The van der Waals surface area contributed by atoms with Crippen molar-refractivity contribution in [3.8, 4) is 16.9 Å². The van der Waals surface area contributed by atoms with Crippen molar-refractivity contribution in [3.63, 3.8) is 0 Å². The van der Waals surface area contributed by atoms with Crippen LogP contribution in [0, 0.1) is 0 Å². The lowest BCUT2D eigenvalue weighted by Gasteiger charge is -2.18. The molecule has 4 aromatic rings. The Kier molecular flexibility index (Phi) is 10.3. The van der Waals surface area contributed by atoms with E-state index < -0.39 is 23.7 Å². The third-order valence-corrected chi connectivity index (χ3v) is 6.42. The van der Waals surface area contributed by atoms with Crippen LogP contribution in [0.15, 0.2) is 97.1 Å². The van der Waals surface area contributed by atoms with Gasteiger partial charge >= 0.3 is 18.1 Å². The van der Waals surface area contributed by atoms with E-state index in [0.717, 1.165) is 23.3 Å². The molecule has 0 radical (unpaired) electrons. The molecule has 0 unspecified atom stereocenters. The molecule has 0 saturated carbocycles. The van der Waals surface area contributed by atoms with Crippen molar-refractivity contribution in [1.29, 1.82) is 0 Å². The molecule has 0 fully saturated rings. The van der Waals surface area contributed by atoms with Crippen LogP contribution in [0.2, 0.25) is 0 Å². The van der Waals surface area contributed by atoms with Crippen molar-refractivity contribution in [2.75, 3.05) is 6.54 Å².